The Hall–Kier alpha value is -3.89. The van der Waals surface area contributed by atoms with Gasteiger partial charge >= 0.3 is 12.4 Å². The van der Waals surface area contributed by atoms with Crippen molar-refractivity contribution in [3.8, 4) is 22.9 Å². The Bertz CT molecular complexity index is 1370. The van der Waals surface area contributed by atoms with E-state index in [0.29, 0.717) is 16.8 Å². The Balaban J connectivity index is 1.57. The van der Waals surface area contributed by atoms with Gasteiger partial charge in [-0.1, -0.05) is 0 Å². The third-order valence-corrected chi connectivity index (χ3v) is 4.84. The van der Waals surface area contributed by atoms with Crippen LogP contribution in [0.5, 0.6) is 11.5 Å². The number of hydrogen-bond donors (Lipinski definition) is 1. The molecule has 4 heterocycles. The molecular formula is C21H10F6N4O. The van der Waals surface area contributed by atoms with Gasteiger partial charge in [-0.15, -0.1) is 0 Å². The van der Waals surface area contributed by atoms with Crippen molar-refractivity contribution in [3.63, 3.8) is 0 Å². The van der Waals surface area contributed by atoms with Crippen LogP contribution in [-0.2, 0) is 12.4 Å². The van der Waals surface area contributed by atoms with E-state index in [0.717, 1.165) is 18.2 Å². The fourth-order valence-corrected chi connectivity index (χ4v) is 3.37. The first-order valence-corrected chi connectivity index (χ1v) is 9.10. The smallest absolute Gasteiger partial charge is 0.418 e. The fourth-order valence-electron chi connectivity index (χ4n) is 3.37. The first kappa shape index (κ1) is 20.0. The summed E-state index contributed by atoms with van der Waals surface area (Å²) in [6, 6.07) is 7.99. The molecule has 1 aliphatic rings. The maximum atomic E-state index is 13.3. The summed E-state index contributed by atoms with van der Waals surface area (Å²) >= 11 is 0. The highest BCUT2D eigenvalue weighted by molar-refractivity contribution is 5.97. The molecule has 4 aromatic rings. The van der Waals surface area contributed by atoms with Gasteiger partial charge in [0.25, 0.3) is 0 Å². The molecule has 3 aromatic heterocycles. The van der Waals surface area contributed by atoms with E-state index in [1.165, 1.54) is 36.7 Å². The highest BCUT2D eigenvalue weighted by Gasteiger charge is 2.35. The van der Waals surface area contributed by atoms with E-state index in [1.54, 1.807) is 0 Å². The zero-order chi connectivity index (χ0) is 22.7. The number of alkyl halides is 6. The topological polar surface area (TPSA) is 59.9 Å². The summed E-state index contributed by atoms with van der Waals surface area (Å²) in [7, 11) is 0. The number of pyridine rings is 3. The number of anilines is 2. The van der Waals surface area contributed by atoms with Crippen LogP contribution >= 0.6 is 0 Å². The number of fused-ring (bicyclic) bond motifs is 4. The van der Waals surface area contributed by atoms with Crippen LogP contribution in [0.4, 0.5) is 37.7 Å². The number of halogens is 6. The molecule has 5 nitrogen and oxygen atoms in total. The average Bonchev–Trinajstić information content (AvgIpc) is 2.75. The molecule has 162 valence electrons. The van der Waals surface area contributed by atoms with Crippen LogP contribution in [-0.4, -0.2) is 15.0 Å². The molecule has 0 unspecified atom stereocenters. The first-order valence-electron chi connectivity index (χ1n) is 9.10. The Morgan fingerprint density at radius 2 is 1.66 bits per heavy atom. The molecule has 1 aromatic carbocycles. The average molecular weight is 448 g/mol. The molecule has 0 aliphatic carbocycles. The van der Waals surface area contributed by atoms with E-state index in [9.17, 15) is 26.3 Å². The van der Waals surface area contributed by atoms with Gasteiger partial charge in [0, 0.05) is 11.6 Å². The molecule has 0 saturated carbocycles. The van der Waals surface area contributed by atoms with Crippen molar-refractivity contribution in [1.29, 1.82) is 0 Å². The van der Waals surface area contributed by atoms with Gasteiger partial charge in [-0.25, -0.2) is 9.97 Å². The molecule has 0 atom stereocenters. The van der Waals surface area contributed by atoms with Crippen molar-refractivity contribution >= 4 is 22.4 Å². The highest BCUT2D eigenvalue weighted by Crippen LogP contribution is 2.46. The number of aromatic nitrogens is 3. The van der Waals surface area contributed by atoms with Gasteiger partial charge in [0.05, 0.1) is 34.4 Å². The third-order valence-electron chi connectivity index (χ3n) is 4.84. The second-order valence-corrected chi connectivity index (χ2v) is 6.90. The van der Waals surface area contributed by atoms with Crippen LogP contribution in [0.25, 0.3) is 22.4 Å². The predicted octanol–water partition coefficient (Wildman–Crippen LogP) is 6.58. The van der Waals surface area contributed by atoms with Crippen LogP contribution in [0.1, 0.15) is 11.1 Å². The molecular weight excluding hydrogens is 438 g/mol. The normalized spacial score (nSPS) is 13.2. The summed E-state index contributed by atoms with van der Waals surface area (Å²) in [4.78, 5) is 12.1. The van der Waals surface area contributed by atoms with Crippen molar-refractivity contribution in [2.75, 3.05) is 5.32 Å². The summed E-state index contributed by atoms with van der Waals surface area (Å²) < 4.78 is 84.5. The van der Waals surface area contributed by atoms with E-state index in [2.05, 4.69) is 20.3 Å². The van der Waals surface area contributed by atoms with E-state index >= 15 is 0 Å². The van der Waals surface area contributed by atoms with Crippen molar-refractivity contribution in [2.45, 2.75) is 12.4 Å². The zero-order valence-electron chi connectivity index (χ0n) is 15.7. The number of benzene rings is 1. The van der Waals surface area contributed by atoms with E-state index in [4.69, 9.17) is 4.74 Å². The zero-order valence-corrected chi connectivity index (χ0v) is 15.7. The summed E-state index contributed by atoms with van der Waals surface area (Å²) in [5.41, 5.74) is -1.35. The van der Waals surface area contributed by atoms with Gasteiger partial charge in [-0.3, -0.25) is 4.98 Å². The number of nitrogens with zero attached hydrogens (tertiary/aromatic N) is 3. The van der Waals surface area contributed by atoms with Crippen LogP contribution in [0, 0.1) is 0 Å². The summed E-state index contributed by atoms with van der Waals surface area (Å²) in [6.45, 7) is 0. The number of ether oxygens (including phenoxy) is 1. The van der Waals surface area contributed by atoms with E-state index in [1.807, 2.05) is 0 Å². The second-order valence-electron chi connectivity index (χ2n) is 6.90. The lowest BCUT2D eigenvalue weighted by atomic mass is 10.1. The largest absolute Gasteiger partial charge is 0.451 e. The maximum absolute atomic E-state index is 13.3. The highest BCUT2D eigenvalue weighted by atomic mass is 19.4. The second kappa shape index (κ2) is 6.81. The Kier molecular flexibility index (Phi) is 4.26. The van der Waals surface area contributed by atoms with E-state index < -0.39 is 23.5 Å². The van der Waals surface area contributed by atoms with Gasteiger partial charge in [0.15, 0.2) is 17.1 Å². The molecule has 0 saturated heterocycles. The minimum Gasteiger partial charge on any atom is -0.451 e. The number of hydrogen-bond acceptors (Lipinski definition) is 5. The molecule has 11 heteroatoms. The lowest BCUT2D eigenvalue weighted by molar-refractivity contribution is -0.138. The summed E-state index contributed by atoms with van der Waals surface area (Å²) in [5, 5.41) is 3.41. The Morgan fingerprint density at radius 3 is 2.41 bits per heavy atom. The molecule has 1 N–H and O–H groups in total. The summed E-state index contributed by atoms with van der Waals surface area (Å²) in [5.74, 6) is 0.133. The van der Waals surface area contributed by atoms with Gasteiger partial charge in [-0.2, -0.15) is 26.3 Å². The molecule has 0 radical (unpaired) electrons. The molecule has 1 aliphatic heterocycles. The van der Waals surface area contributed by atoms with Gasteiger partial charge in [-0.05, 0) is 42.5 Å². The van der Waals surface area contributed by atoms with Gasteiger partial charge in [0.2, 0.25) is 0 Å². The van der Waals surface area contributed by atoms with Crippen LogP contribution < -0.4 is 10.1 Å². The minimum absolute atomic E-state index is 0.0233. The van der Waals surface area contributed by atoms with Crippen molar-refractivity contribution in [3.05, 3.63) is 66.0 Å². The molecule has 0 amide bonds. The summed E-state index contributed by atoms with van der Waals surface area (Å²) in [6.07, 6.45) is -6.66. The number of nitrogens with one attached hydrogen (secondary N) is 1. The van der Waals surface area contributed by atoms with Crippen LogP contribution in [0.3, 0.4) is 0 Å². The fraction of sp³-hybridized carbons (Fsp3) is 0.0952. The van der Waals surface area contributed by atoms with Gasteiger partial charge in [0.1, 0.15) is 5.69 Å². The first-order chi connectivity index (χ1) is 15.1. The van der Waals surface area contributed by atoms with Crippen molar-refractivity contribution in [1.82, 2.24) is 15.0 Å². The Labute approximate surface area is 175 Å². The third kappa shape index (κ3) is 3.35. The minimum atomic E-state index is -4.61. The lowest BCUT2D eigenvalue weighted by Gasteiger charge is -2.23. The molecule has 32 heavy (non-hydrogen) atoms. The van der Waals surface area contributed by atoms with Crippen LogP contribution in [0.15, 0.2) is 54.9 Å². The number of rotatable bonds is 1. The monoisotopic (exact) mass is 448 g/mol. The molecule has 0 fully saturated rings. The maximum Gasteiger partial charge on any atom is 0.418 e. The quantitative estimate of drug-likeness (QED) is 0.294. The Morgan fingerprint density at radius 1 is 0.844 bits per heavy atom. The SMILES string of the molecule is FC(F)(F)c1ccc2c(c1)Oc1cnc3nc(-c4ncccc4C(F)(F)F)ccc3c1N2. The molecule has 0 spiro atoms. The predicted molar refractivity (Wildman–Crippen MR) is 103 cm³/mol. The van der Waals surface area contributed by atoms with Crippen molar-refractivity contribution in [2.24, 2.45) is 0 Å². The van der Waals surface area contributed by atoms with Crippen LogP contribution in [0.2, 0.25) is 0 Å². The standard InChI is InChI=1S/C21H10F6N4O/c22-20(23,24)10-3-5-13-15(8-10)32-16-9-29-19-11(17(16)30-13)4-6-14(31-19)18-12(21(25,26)27)2-1-7-28-18/h1-9,30H. The van der Waals surface area contributed by atoms with Gasteiger partial charge < -0.3 is 10.1 Å². The van der Waals surface area contributed by atoms with E-state index in [-0.39, 0.29) is 28.5 Å². The lowest BCUT2D eigenvalue weighted by Crippen LogP contribution is -2.10. The van der Waals surface area contributed by atoms with Crippen molar-refractivity contribution < 1.29 is 31.1 Å². The molecule has 5 rings (SSSR count). The molecule has 0 bridgehead atoms.